The van der Waals surface area contributed by atoms with Crippen LogP contribution in [0, 0.1) is 13.8 Å². The highest BCUT2D eigenvalue weighted by atomic mass is 32.2. The van der Waals surface area contributed by atoms with Crippen LogP contribution in [0.2, 0.25) is 0 Å². The van der Waals surface area contributed by atoms with E-state index < -0.39 is 62.9 Å². The Kier molecular flexibility index (Phi) is 7.10. The molecule has 2 amide bonds. The Labute approximate surface area is 189 Å². The normalized spacial score (nSPS) is 12.8. The first-order valence-corrected chi connectivity index (χ1v) is 11.7. The molecule has 0 aliphatic carbocycles. The Balaban J connectivity index is 2.85. The van der Waals surface area contributed by atoms with Crippen molar-refractivity contribution >= 4 is 43.2 Å². The predicted molar refractivity (Wildman–Crippen MR) is 107 cm³/mol. The maximum Gasteiger partial charge on any atom is 0.517 e. The second-order valence-corrected chi connectivity index (χ2v) is 10.2. The van der Waals surface area contributed by atoms with E-state index >= 15 is 0 Å². The van der Waals surface area contributed by atoms with Crippen molar-refractivity contribution in [2.24, 2.45) is 0 Å². The third-order valence-electron chi connectivity index (χ3n) is 4.29. The molecule has 0 saturated carbocycles. The number of para-hydroxylation sites is 2. The molecule has 2 aromatic carbocycles. The molecule has 16 heteroatoms. The zero-order valence-corrected chi connectivity index (χ0v) is 18.7. The van der Waals surface area contributed by atoms with Crippen molar-refractivity contribution in [3.05, 3.63) is 59.7 Å². The van der Waals surface area contributed by atoms with E-state index in [4.69, 9.17) is 0 Å². The summed E-state index contributed by atoms with van der Waals surface area (Å²) in [5.74, 6) is -5.41. The lowest BCUT2D eigenvalue weighted by Gasteiger charge is -2.28. The van der Waals surface area contributed by atoms with E-state index in [-0.39, 0.29) is 11.1 Å². The minimum absolute atomic E-state index is 0.294. The van der Waals surface area contributed by atoms with Crippen LogP contribution in [0.4, 0.5) is 37.7 Å². The number of sulfonamides is 2. The number of nitrogens with zero attached hydrogens (tertiary/aromatic N) is 2. The van der Waals surface area contributed by atoms with Gasteiger partial charge in [-0.25, -0.2) is 0 Å². The molecule has 0 N–H and O–H groups in total. The average Bonchev–Trinajstić information content (AvgIpc) is 2.69. The number of alkyl halides is 6. The summed E-state index contributed by atoms with van der Waals surface area (Å²) in [6.07, 6.45) is 0. The van der Waals surface area contributed by atoms with Crippen molar-refractivity contribution in [1.82, 2.24) is 0 Å². The number of benzene rings is 2. The Hall–Kier alpha value is -3.14. The van der Waals surface area contributed by atoms with Crippen molar-refractivity contribution in [3.63, 3.8) is 0 Å². The number of hydrogen-bond donors (Lipinski definition) is 0. The third-order valence-corrected chi connectivity index (χ3v) is 7.14. The molecule has 8 nitrogen and oxygen atoms in total. The highest BCUT2D eigenvalue weighted by molar-refractivity contribution is 7.95. The van der Waals surface area contributed by atoms with Gasteiger partial charge >= 0.3 is 42.9 Å². The Morgan fingerprint density at radius 3 is 1.12 bits per heavy atom. The molecule has 0 fully saturated rings. The third kappa shape index (κ3) is 4.72. The van der Waals surface area contributed by atoms with Crippen molar-refractivity contribution in [1.29, 1.82) is 0 Å². The van der Waals surface area contributed by atoms with Gasteiger partial charge in [-0.3, -0.25) is 9.59 Å². The summed E-state index contributed by atoms with van der Waals surface area (Å²) in [7, 11) is -13.4. The molecule has 0 radical (unpaired) electrons. The van der Waals surface area contributed by atoms with Crippen LogP contribution in [0.15, 0.2) is 48.5 Å². The number of amides is 2. The lowest BCUT2D eigenvalue weighted by Crippen LogP contribution is -2.55. The predicted octanol–water partition coefficient (Wildman–Crippen LogP) is 3.37. The van der Waals surface area contributed by atoms with Gasteiger partial charge in [0.25, 0.3) is 0 Å². The Morgan fingerprint density at radius 1 is 0.618 bits per heavy atom. The van der Waals surface area contributed by atoms with Gasteiger partial charge in [0, 0.05) is 0 Å². The smallest absolute Gasteiger partial charge is 0.262 e. The minimum Gasteiger partial charge on any atom is -0.262 e. The van der Waals surface area contributed by atoms with Crippen molar-refractivity contribution in [2.45, 2.75) is 24.9 Å². The fraction of sp³-hybridized carbons (Fsp3) is 0.222. The molecule has 2 aromatic rings. The van der Waals surface area contributed by atoms with Gasteiger partial charge in [0.15, 0.2) is 0 Å². The second-order valence-electron chi connectivity index (χ2n) is 6.61. The molecule has 2 rings (SSSR count). The topological polar surface area (TPSA) is 109 Å². The van der Waals surface area contributed by atoms with Crippen LogP contribution in [0.1, 0.15) is 11.1 Å². The van der Waals surface area contributed by atoms with Gasteiger partial charge < -0.3 is 0 Å². The Bertz CT molecular complexity index is 1230. The summed E-state index contributed by atoms with van der Waals surface area (Å²) in [5, 5.41) is 0. The molecule has 0 unspecified atom stereocenters. The molecular weight excluding hydrogens is 518 g/mol. The molecule has 0 bridgehead atoms. The number of aryl methyl sites for hydroxylation is 2. The van der Waals surface area contributed by atoms with Gasteiger partial charge in [-0.15, -0.1) is 0 Å². The number of hydrogen-bond acceptors (Lipinski definition) is 6. The van der Waals surface area contributed by atoms with E-state index in [9.17, 15) is 52.8 Å². The summed E-state index contributed by atoms with van der Waals surface area (Å²) in [6, 6.07) is 7.92. The van der Waals surface area contributed by atoms with Crippen LogP contribution in [0.5, 0.6) is 0 Å². The van der Waals surface area contributed by atoms with Crippen molar-refractivity contribution in [2.75, 3.05) is 8.61 Å². The second kappa shape index (κ2) is 8.90. The van der Waals surface area contributed by atoms with E-state index in [1.54, 1.807) is 0 Å². The van der Waals surface area contributed by atoms with Crippen LogP contribution in [0.3, 0.4) is 0 Å². The van der Waals surface area contributed by atoms with Crippen LogP contribution >= 0.6 is 0 Å². The maximum atomic E-state index is 13.3. The van der Waals surface area contributed by atoms with Gasteiger partial charge in [0.2, 0.25) is 0 Å². The molecule has 186 valence electrons. The summed E-state index contributed by atoms with van der Waals surface area (Å²) in [6.45, 7) is 2.11. The maximum absolute atomic E-state index is 13.3. The first-order chi connectivity index (χ1) is 15.4. The van der Waals surface area contributed by atoms with Gasteiger partial charge in [0.05, 0.1) is 11.4 Å². The number of halogens is 6. The molecule has 0 aliphatic heterocycles. The van der Waals surface area contributed by atoms with E-state index in [1.165, 1.54) is 12.1 Å². The SMILES string of the molecule is Cc1ccccc1N(C(=O)C(=O)N(c1ccccc1C)S(=O)(=O)C(F)(F)F)S(=O)(=O)C(F)(F)F. The summed E-state index contributed by atoms with van der Waals surface area (Å²) < 4.78 is 126. The highest BCUT2D eigenvalue weighted by Crippen LogP contribution is 2.36. The zero-order chi connectivity index (χ0) is 26.3. The summed E-state index contributed by atoms with van der Waals surface area (Å²) in [4.78, 5) is 25.6. The van der Waals surface area contributed by atoms with E-state index in [2.05, 4.69) is 0 Å². The molecule has 0 aliphatic rings. The molecule has 0 saturated heterocycles. The minimum atomic E-state index is -6.70. The van der Waals surface area contributed by atoms with Crippen molar-refractivity contribution in [3.8, 4) is 0 Å². The van der Waals surface area contributed by atoms with Gasteiger partial charge in [-0.2, -0.15) is 51.8 Å². The standard InChI is InChI=1S/C18H14F6N2O6S2/c1-11-7-3-5-9-13(11)25(33(29,30)17(19,20)21)15(27)16(28)26(34(31,32)18(22,23)24)14-10-6-4-8-12(14)2/h3-10H,1-2H3. The Morgan fingerprint density at radius 2 is 0.882 bits per heavy atom. The summed E-state index contributed by atoms with van der Waals surface area (Å²) in [5.41, 5.74) is -15.0. The molecule has 0 aromatic heterocycles. The van der Waals surface area contributed by atoms with Crippen LogP contribution in [-0.4, -0.2) is 39.7 Å². The first kappa shape index (κ1) is 27.1. The highest BCUT2D eigenvalue weighted by Gasteiger charge is 2.58. The van der Waals surface area contributed by atoms with E-state index in [1.807, 2.05) is 0 Å². The average molecular weight is 532 g/mol. The fourth-order valence-electron chi connectivity index (χ4n) is 2.66. The first-order valence-electron chi connectivity index (χ1n) is 8.78. The number of carbonyl (C=O) groups excluding carboxylic acids is 2. The van der Waals surface area contributed by atoms with Gasteiger partial charge in [-0.1, -0.05) is 36.4 Å². The molecular formula is C18H14F6N2O6S2. The lowest BCUT2D eigenvalue weighted by molar-refractivity contribution is -0.135. The quantitative estimate of drug-likeness (QED) is 0.441. The monoisotopic (exact) mass is 532 g/mol. The number of anilines is 2. The molecule has 0 atom stereocenters. The van der Waals surface area contributed by atoms with Gasteiger partial charge in [0.1, 0.15) is 0 Å². The molecule has 34 heavy (non-hydrogen) atoms. The van der Waals surface area contributed by atoms with Gasteiger partial charge in [-0.05, 0) is 37.1 Å². The lowest BCUT2D eigenvalue weighted by atomic mass is 10.2. The summed E-state index contributed by atoms with van der Waals surface area (Å²) >= 11 is 0. The van der Waals surface area contributed by atoms with Crippen LogP contribution < -0.4 is 8.61 Å². The van der Waals surface area contributed by atoms with Crippen LogP contribution in [0.25, 0.3) is 0 Å². The van der Waals surface area contributed by atoms with Crippen LogP contribution in [-0.2, 0) is 29.6 Å². The molecule has 0 spiro atoms. The number of carbonyl (C=O) groups is 2. The fourth-order valence-corrected chi connectivity index (χ4v) is 4.59. The largest absolute Gasteiger partial charge is 0.517 e. The van der Waals surface area contributed by atoms with E-state index in [0.29, 0.717) is 12.1 Å². The van der Waals surface area contributed by atoms with E-state index in [0.717, 1.165) is 38.1 Å². The zero-order valence-electron chi connectivity index (χ0n) is 17.0. The number of rotatable bonds is 4. The van der Waals surface area contributed by atoms with Crippen molar-refractivity contribution < 1.29 is 52.8 Å². The molecule has 0 heterocycles.